The SMILES string of the molecule is C1CCCC1.[C-]#[O+].[C-]#[O+].[C-]#[O+].[W].c1ccc(Pc2ccccc2)cc1. The Morgan fingerprint density at radius 1 is 0.520 bits per heavy atom. The van der Waals surface area contributed by atoms with E-state index in [1.807, 2.05) is 0 Å². The van der Waals surface area contributed by atoms with Crippen molar-refractivity contribution in [1.82, 2.24) is 0 Å². The van der Waals surface area contributed by atoms with Crippen LogP contribution in [0.1, 0.15) is 32.1 Å². The second-order valence-corrected chi connectivity index (χ2v) is 6.03. The maximum atomic E-state index is 7.50. The Morgan fingerprint density at radius 2 is 0.760 bits per heavy atom. The summed E-state index contributed by atoms with van der Waals surface area (Å²) in [7, 11) is 0.777. The molecular formula is C20H21O3PW. The molecule has 0 N–H and O–H groups in total. The van der Waals surface area contributed by atoms with Gasteiger partial charge in [-0.1, -0.05) is 101 Å². The van der Waals surface area contributed by atoms with Crippen LogP contribution < -0.4 is 10.6 Å². The molecule has 2 aromatic carbocycles. The van der Waals surface area contributed by atoms with Gasteiger partial charge >= 0.3 is 33.9 Å². The summed E-state index contributed by atoms with van der Waals surface area (Å²) >= 11 is 0. The van der Waals surface area contributed by atoms with Gasteiger partial charge in [-0.2, -0.15) is 0 Å². The number of hydrogen-bond acceptors (Lipinski definition) is 0. The summed E-state index contributed by atoms with van der Waals surface area (Å²) in [5.74, 6) is 0. The van der Waals surface area contributed by atoms with Gasteiger partial charge < -0.3 is 0 Å². The smallest absolute Gasteiger partial charge is 0 e. The summed E-state index contributed by atoms with van der Waals surface area (Å²) in [6, 6.07) is 21.2. The van der Waals surface area contributed by atoms with Crippen LogP contribution in [-0.2, 0) is 35.0 Å². The first-order chi connectivity index (χ1) is 11.9. The Labute approximate surface area is 166 Å². The van der Waals surface area contributed by atoms with E-state index in [0.717, 1.165) is 8.58 Å². The molecule has 0 spiro atoms. The van der Waals surface area contributed by atoms with Gasteiger partial charge in [-0.05, 0) is 10.6 Å². The molecule has 2 aromatic rings. The standard InChI is InChI=1S/C12H11P.C5H10.3CO.W/c1-3-7-11(8-4-1)13-12-9-5-2-6-10-12;1-2-4-5-3-1;3*1-2;/h1-10,13H;1-5H2;;;;. The van der Waals surface area contributed by atoms with Crippen molar-refractivity contribution in [3.8, 4) is 0 Å². The second-order valence-electron chi connectivity index (χ2n) is 4.62. The molecule has 1 aliphatic rings. The quantitative estimate of drug-likeness (QED) is 0.322. The van der Waals surface area contributed by atoms with Crippen molar-refractivity contribution in [2.45, 2.75) is 32.1 Å². The van der Waals surface area contributed by atoms with Crippen molar-refractivity contribution in [2.75, 3.05) is 0 Å². The fraction of sp³-hybridized carbons (Fsp3) is 0.250. The normalized spacial score (nSPS) is 10.2. The molecule has 5 heteroatoms. The van der Waals surface area contributed by atoms with E-state index in [1.54, 1.807) is 0 Å². The van der Waals surface area contributed by atoms with E-state index in [1.165, 1.54) is 42.7 Å². The van der Waals surface area contributed by atoms with E-state index in [9.17, 15) is 0 Å². The molecule has 0 aromatic heterocycles. The minimum atomic E-state index is 0. The first-order valence-electron chi connectivity index (χ1n) is 7.43. The van der Waals surface area contributed by atoms with Crippen LogP contribution in [0.2, 0.25) is 0 Å². The molecule has 1 aliphatic carbocycles. The van der Waals surface area contributed by atoms with Crippen LogP contribution in [0.3, 0.4) is 0 Å². The van der Waals surface area contributed by atoms with Crippen LogP contribution in [0.15, 0.2) is 60.7 Å². The molecular weight excluding hydrogens is 503 g/mol. The maximum absolute atomic E-state index is 7.50. The molecule has 3 nitrogen and oxygen atoms in total. The van der Waals surface area contributed by atoms with Crippen LogP contribution in [0.5, 0.6) is 0 Å². The van der Waals surface area contributed by atoms with Gasteiger partial charge in [0.15, 0.2) is 0 Å². The molecule has 0 radical (unpaired) electrons. The largest absolute Gasteiger partial charge is 0.0622 e. The summed E-state index contributed by atoms with van der Waals surface area (Å²) in [6.45, 7) is 13.5. The van der Waals surface area contributed by atoms with Gasteiger partial charge in [-0.25, -0.2) is 0 Å². The molecule has 0 aliphatic heterocycles. The van der Waals surface area contributed by atoms with E-state index >= 15 is 0 Å². The van der Waals surface area contributed by atoms with Crippen molar-refractivity contribution in [2.24, 2.45) is 0 Å². The number of rotatable bonds is 2. The Hall–Kier alpha value is -1.22. The molecule has 0 bridgehead atoms. The zero-order chi connectivity index (χ0) is 18.5. The molecule has 1 fully saturated rings. The van der Waals surface area contributed by atoms with E-state index in [0.29, 0.717) is 0 Å². The summed E-state index contributed by atoms with van der Waals surface area (Å²) in [6.07, 6.45) is 7.50. The minimum absolute atomic E-state index is 0. The molecule has 25 heavy (non-hydrogen) atoms. The predicted octanol–water partition coefficient (Wildman–Crippen LogP) is 4.15. The number of hydrogen-bond donors (Lipinski definition) is 0. The van der Waals surface area contributed by atoms with Crippen molar-refractivity contribution < 1.29 is 35.0 Å². The van der Waals surface area contributed by atoms with Crippen LogP contribution in [0, 0.1) is 20.0 Å². The van der Waals surface area contributed by atoms with Crippen molar-refractivity contribution >= 4 is 19.2 Å². The van der Waals surface area contributed by atoms with E-state index in [2.05, 4.69) is 80.6 Å². The zero-order valence-corrected chi connectivity index (χ0v) is 17.9. The van der Waals surface area contributed by atoms with Crippen molar-refractivity contribution in [3.05, 3.63) is 80.6 Å². The second kappa shape index (κ2) is 25.0. The topological polar surface area (TPSA) is 59.7 Å². The third-order valence-electron chi connectivity index (χ3n) is 3.09. The maximum Gasteiger partial charge on any atom is 0 e. The third-order valence-corrected chi connectivity index (χ3v) is 4.33. The van der Waals surface area contributed by atoms with Gasteiger partial charge in [0, 0.05) is 21.1 Å². The van der Waals surface area contributed by atoms with Gasteiger partial charge in [0.1, 0.15) is 0 Å². The van der Waals surface area contributed by atoms with Gasteiger partial charge in [0.2, 0.25) is 0 Å². The molecule has 0 amide bonds. The van der Waals surface area contributed by atoms with Gasteiger partial charge in [0.25, 0.3) is 0 Å². The molecule has 0 saturated heterocycles. The predicted molar refractivity (Wildman–Crippen MR) is 95.3 cm³/mol. The summed E-state index contributed by atoms with van der Waals surface area (Å²) < 4.78 is 22.5. The first-order valence-corrected chi connectivity index (χ1v) is 8.43. The molecule has 0 unspecified atom stereocenters. The third kappa shape index (κ3) is 17.4. The summed E-state index contributed by atoms with van der Waals surface area (Å²) in [4.78, 5) is 0. The summed E-state index contributed by atoms with van der Waals surface area (Å²) in [5, 5.41) is 2.79. The molecule has 130 valence electrons. The molecule has 3 rings (SSSR count). The average molecular weight is 524 g/mol. The number of benzene rings is 2. The summed E-state index contributed by atoms with van der Waals surface area (Å²) in [5.41, 5.74) is 0. The van der Waals surface area contributed by atoms with Crippen molar-refractivity contribution in [3.63, 3.8) is 0 Å². The average Bonchev–Trinajstić information content (AvgIpc) is 3.28. The van der Waals surface area contributed by atoms with E-state index < -0.39 is 0 Å². The molecule has 1 saturated carbocycles. The molecule has 0 heterocycles. The Bertz CT molecular complexity index is 490. The first kappa shape index (κ1) is 28.6. The fourth-order valence-corrected chi connectivity index (χ4v) is 3.15. The molecule has 0 atom stereocenters. The van der Waals surface area contributed by atoms with Gasteiger partial charge in [0.05, 0.1) is 0 Å². The minimum Gasteiger partial charge on any atom is -0.0622 e. The Kier molecular flexibility index (Phi) is 28.6. The van der Waals surface area contributed by atoms with Crippen LogP contribution in [0.4, 0.5) is 0 Å². The van der Waals surface area contributed by atoms with Crippen LogP contribution in [-0.4, -0.2) is 0 Å². The van der Waals surface area contributed by atoms with Gasteiger partial charge in [-0.3, -0.25) is 0 Å². The van der Waals surface area contributed by atoms with Gasteiger partial charge in [-0.15, -0.1) is 0 Å². The van der Waals surface area contributed by atoms with Crippen molar-refractivity contribution in [1.29, 1.82) is 0 Å². The van der Waals surface area contributed by atoms with E-state index in [-0.39, 0.29) is 21.1 Å². The van der Waals surface area contributed by atoms with Crippen LogP contribution >= 0.6 is 8.58 Å². The zero-order valence-electron chi connectivity index (χ0n) is 13.9. The Balaban J connectivity index is -0.000000340. The van der Waals surface area contributed by atoms with E-state index in [4.69, 9.17) is 14.0 Å². The monoisotopic (exact) mass is 524 g/mol. The Morgan fingerprint density at radius 3 is 1.00 bits per heavy atom. The fourth-order valence-electron chi connectivity index (χ4n) is 2.09. The van der Waals surface area contributed by atoms with Crippen LogP contribution in [0.25, 0.3) is 0 Å².